The van der Waals surface area contributed by atoms with Crippen molar-refractivity contribution in [2.75, 3.05) is 4.90 Å². The van der Waals surface area contributed by atoms with E-state index in [1.807, 2.05) is 4.90 Å². The molecule has 8 atom stereocenters. The van der Waals surface area contributed by atoms with Crippen LogP contribution >= 0.6 is 0 Å². The summed E-state index contributed by atoms with van der Waals surface area (Å²) < 4.78 is 0. The molecule has 0 aromatic heterocycles. The van der Waals surface area contributed by atoms with Crippen LogP contribution in [0.5, 0.6) is 0 Å². The number of aliphatic hydroxyl groups is 2. The molecule has 0 spiro atoms. The fourth-order valence-corrected chi connectivity index (χ4v) is 6.19. The van der Waals surface area contributed by atoms with Crippen molar-refractivity contribution in [1.29, 1.82) is 5.26 Å². The van der Waals surface area contributed by atoms with Crippen molar-refractivity contribution in [1.82, 2.24) is 0 Å². The van der Waals surface area contributed by atoms with Gasteiger partial charge in [0.2, 0.25) is 0 Å². The number of benzene rings is 1. The van der Waals surface area contributed by atoms with E-state index < -0.39 is 17.1 Å². The van der Waals surface area contributed by atoms with Crippen LogP contribution in [-0.2, 0) is 0 Å². The molecule has 1 aromatic carbocycles. The zero-order valence-corrected chi connectivity index (χ0v) is 12.8. The van der Waals surface area contributed by atoms with Crippen molar-refractivity contribution in [2.45, 2.75) is 37.1 Å². The molecule has 7 heteroatoms. The summed E-state index contributed by atoms with van der Waals surface area (Å²) in [6.07, 6.45) is 0.851. The van der Waals surface area contributed by atoms with E-state index in [-0.39, 0.29) is 41.1 Å². The van der Waals surface area contributed by atoms with E-state index in [1.54, 1.807) is 6.07 Å². The lowest BCUT2D eigenvalue weighted by molar-refractivity contribution is -0.384. The van der Waals surface area contributed by atoms with Crippen molar-refractivity contribution < 1.29 is 15.1 Å². The molecule has 4 fully saturated rings. The number of nitriles is 1. The average molecular weight is 327 g/mol. The minimum absolute atomic E-state index is 0.0966. The van der Waals surface area contributed by atoms with Crippen molar-refractivity contribution in [3.63, 3.8) is 0 Å². The first-order valence-corrected chi connectivity index (χ1v) is 8.36. The molecule has 5 rings (SSSR count). The molecule has 3 aliphatic carbocycles. The zero-order valence-electron chi connectivity index (χ0n) is 12.8. The molecule has 1 heterocycles. The second-order valence-electron chi connectivity index (χ2n) is 7.56. The molecule has 1 saturated heterocycles. The van der Waals surface area contributed by atoms with E-state index in [2.05, 4.69) is 6.07 Å². The standard InChI is InChI=1S/C17H17N3O4/c18-6-7-3-8(20(23)24)1-2-12(7)19-13-5-9-10-4-11(14(9)17(13)22)15(19)16(10)21/h1-3,9-11,13-17,21-22H,4-5H2/t9-,10-,11+,13+,14+,15+,16-,17-/m1/s1. The Hall–Kier alpha value is -2.17. The van der Waals surface area contributed by atoms with E-state index in [1.165, 1.54) is 12.1 Å². The first-order chi connectivity index (χ1) is 11.5. The predicted molar refractivity (Wildman–Crippen MR) is 83.1 cm³/mol. The number of anilines is 1. The summed E-state index contributed by atoms with van der Waals surface area (Å²) in [5.41, 5.74) is 0.712. The number of non-ortho nitro benzene ring substituents is 1. The number of hydrogen-bond donors (Lipinski definition) is 2. The molecule has 4 bridgehead atoms. The molecule has 0 radical (unpaired) electrons. The number of piperidine rings is 1. The molecule has 7 nitrogen and oxygen atoms in total. The first kappa shape index (κ1) is 14.2. The van der Waals surface area contributed by atoms with Gasteiger partial charge in [-0.2, -0.15) is 5.26 Å². The smallest absolute Gasteiger partial charge is 0.270 e. The quantitative estimate of drug-likeness (QED) is 0.620. The zero-order chi connectivity index (χ0) is 16.7. The van der Waals surface area contributed by atoms with Crippen LogP contribution in [0.3, 0.4) is 0 Å². The van der Waals surface area contributed by atoms with Gasteiger partial charge in [-0.15, -0.1) is 0 Å². The second kappa shape index (κ2) is 4.47. The highest BCUT2D eigenvalue weighted by atomic mass is 16.6. The number of nitro groups is 1. The Morgan fingerprint density at radius 3 is 2.71 bits per heavy atom. The lowest BCUT2D eigenvalue weighted by Gasteiger charge is -2.49. The largest absolute Gasteiger partial charge is 0.391 e. The van der Waals surface area contributed by atoms with E-state index in [0.29, 0.717) is 11.6 Å². The SMILES string of the molecule is N#Cc1cc([N+](=O)[O-])ccc1N1[C@@H]2[C@H](O)[C@@H]3C[C@H]2[C@H]2[C@H](O)[C@@H]1C[C@H]32. The fraction of sp³-hybridized carbons (Fsp3) is 0.588. The van der Waals surface area contributed by atoms with Crippen LogP contribution < -0.4 is 4.90 Å². The van der Waals surface area contributed by atoms with Crippen LogP contribution in [-0.4, -0.2) is 39.4 Å². The number of fused-ring (bicyclic) bond motifs is 3. The van der Waals surface area contributed by atoms with Crippen molar-refractivity contribution >= 4 is 11.4 Å². The number of aliphatic hydroxyl groups excluding tert-OH is 2. The molecule has 1 aliphatic heterocycles. The maximum atomic E-state index is 11.0. The normalized spacial score (nSPS) is 44.1. The molecule has 1 aromatic rings. The van der Waals surface area contributed by atoms with E-state index in [9.17, 15) is 25.6 Å². The molecule has 2 N–H and O–H groups in total. The van der Waals surface area contributed by atoms with Crippen LogP contribution in [0.2, 0.25) is 0 Å². The van der Waals surface area contributed by atoms with Crippen molar-refractivity contribution in [3.8, 4) is 6.07 Å². The van der Waals surface area contributed by atoms with Gasteiger partial charge in [-0.25, -0.2) is 0 Å². The third kappa shape index (κ3) is 1.48. The third-order valence-electron chi connectivity index (χ3n) is 6.88. The van der Waals surface area contributed by atoms with Crippen LogP contribution in [0.4, 0.5) is 11.4 Å². The predicted octanol–water partition coefficient (Wildman–Crippen LogP) is 1.03. The maximum absolute atomic E-state index is 11.0. The van der Waals surface area contributed by atoms with Gasteiger partial charge in [0, 0.05) is 12.1 Å². The summed E-state index contributed by atoms with van der Waals surface area (Å²) in [7, 11) is 0. The molecule has 4 aliphatic rings. The highest BCUT2D eigenvalue weighted by Crippen LogP contribution is 2.65. The molecule has 0 unspecified atom stereocenters. The topological polar surface area (TPSA) is 111 Å². The highest BCUT2D eigenvalue weighted by Gasteiger charge is 2.70. The van der Waals surface area contributed by atoms with Crippen molar-refractivity contribution in [3.05, 3.63) is 33.9 Å². The minimum Gasteiger partial charge on any atom is -0.391 e. The molecule has 0 amide bonds. The maximum Gasteiger partial charge on any atom is 0.270 e. The number of rotatable bonds is 2. The number of nitrogens with zero attached hydrogens (tertiary/aromatic N) is 3. The first-order valence-electron chi connectivity index (χ1n) is 8.36. The Bertz CT molecular complexity index is 791. The van der Waals surface area contributed by atoms with Gasteiger partial charge < -0.3 is 15.1 Å². The van der Waals surface area contributed by atoms with Crippen LogP contribution in [0.1, 0.15) is 18.4 Å². The monoisotopic (exact) mass is 327 g/mol. The van der Waals surface area contributed by atoms with Gasteiger partial charge in [-0.3, -0.25) is 10.1 Å². The third-order valence-corrected chi connectivity index (χ3v) is 6.88. The Labute approximate surface area is 138 Å². The average Bonchev–Trinajstić information content (AvgIpc) is 3.14. The van der Waals surface area contributed by atoms with E-state index in [0.717, 1.165) is 12.8 Å². The molecular weight excluding hydrogens is 310 g/mol. The van der Waals surface area contributed by atoms with E-state index in [4.69, 9.17) is 0 Å². The Morgan fingerprint density at radius 2 is 2.00 bits per heavy atom. The van der Waals surface area contributed by atoms with Gasteiger partial charge >= 0.3 is 0 Å². The van der Waals surface area contributed by atoms with Gasteiger partial charge in [0.15, 0.2) is 0 Å². The second-order valence-corrected chi connectivity index (χ2v) is 7.56. The summed E-state index contributed by atoms with van der Waals surface area (Å²) in [6.45, 7) is 0. The summed E-state index contributed by atoms with van der Waals surface area (Å²) in [4.78, 5) is 12.5. The number of nitro benzene ring substituents is 1. The Balaban J connectivity index is 1.65. The van der Waals surface area contributed by atoms with E-state index >= 15 is 0 Å². The summed E-state index contributed by atoms with van der Waals surface area (Å²) >= 11 is 0. The number of hydrogen-bond acceptors (Lipinski definition) is 6. The lowest BCUT2D eigenvalue weighted by Crippen LogP contribution is -2.61. The summed E-state index contributed by atoms with van der Waals surface area (Å²) in [6, 6.07) is 6.12. The van der Waals surface area contributed by atoms with Gasteiger partial charge in [0.05, 0.1) is 40.5 Å². The Kier molecular flexibility index (Phi) is 2.64. The highest BCUT2D eigenvalue weighted by molar-refractivity contribution is 5.65. The van der Waals surface area contributed by atoms with Gasteiger partial charge in [0.25, 0.3) is 5.69 Å². The van der Waals surface area contributed by atoms with Crippen LogP contribution in [0, 0.1) is 45.1 Å². The molecule has 3 saturated carbocycles. The van der Waals surface area contributed by atoms with Crippen LogP contribution in [0.15, 0.2) is 18.2 Å². The summed E-state index contributed by atoms with van der Waals surface area (Å²) in [5.74, 6) is 1.09. The van der Waals surface area contributed by atoms with Gasteiger partial charge in [-0.05, 0) is 42.6 Å². The summed E-state index contributed by atoms with van der Waals surface area (Å²) in [5, 5.41) is 41.9. The lowest BCUT2D eigenvalue weighted by atomic mass is 9.74. The molecule has 24 heavy (non-hydrogen) atoms. The van der Waals surface area contributed by atoms with Gasteiger partial charge in [0.1, 0.15) is 6.07 Å². The Morgan fingerprint density at radius 1 is 1.21 bits per heavy atom. The van der Waals surface area contributed by atoms with Crippen molar-refractivity contribution in [2.24, 2.45) is 23.7 Å². The fourth-order valence-electron chi connectivity index (χ4n) is 6.19. The van der Waals surface area contributed by atoms with Crippen LogP contribution in [0.25, 0.3) is 0 Å². The molecule has 124 valence electrons. The minimum atomic E-state index is -0.515. The molecular formula is C17H17N3O4. The van der Waals surface area contributed by atoms with Gasteiger partial charge in [-0.1, -0.05) is 0 Å².